The van der Waals surface area contributed by atoms with Crippen LogP contribution in [0.5, 0.6) is 0 Å². The molecule has 1 N–H and O–H groups in total. The zero-order chi connectivity index (χ0) is 37.2. The molecule has 48 heavy (non-hydrogen) atoms. The van der Waals surface area contributed by atoms with Crippen LogP contribution >= 0.6 is 0 Å². The van der Waals surface area contributed by atoms with E-state index in [4.69, 9.17) is 5.26 Å². The minimum absolute atomic E-state index is 0.0460. The quantitative estimate of drug-likeness (QED) is 0.125. The molecule has 0 aliphatic heterocycles. The SMILES string of the molecule is CC.CC.CCN/C(C)=C(\C#N)C=C(CC)CC.CCN=C(C)N=CC(C)c1ncc(-c2ccccc(C)cc(C)c(=O)n2C)c(C)n1. The molecule has 8 nitrogen and oxygen atoms in total. The maximum Gasteiger partial charge on any atom is 0.253 e. The molecule has 0 bridgehead atoms. The predicted octanol–water partition coefficient (Wildman–Crippen LogP) is 9.70. The van der Waals surface area contributed by atoms with Crippen molar-refractivity contribution in [1.29, 1.82) is 5.26 Å². The Bertz CT molecular complexity index is 1530. The first-order valence-corrected chi connectivity index (χ1v) is 17.4. The summed E-state index contributed by atoms with van der Waals surface area (Å²) in [5.41, 5.74) is 7.08. The lowest BCUT2D eigenvalue weighted by atomic mass is 10.1. The maximum absolute atomic E-state index is 12.9. The number of nitriles is 1. The van der Waals surface area contributed by atoms with Crippen LogP contribution in [0, 0.1) is 32.1 Å². The molecule has 0 radical (unpaired) electrons. The minimum Gasteiger partial charge on any atom is -0.388 e. The number of rotatable bonds is 9. The Morgan fingerprint density at radius 3 is 2.17 bits per heavy atom. The Morgan fingerprint density at radius 2 is 1.65 bits per heavy atom. The van der Waals surface area contributed by atoms with Crippen LogP contribution in [0.2, 0.25) is 0 Å². The third-order valence-corrected chi connectivity index (χ3v) is 6.95. The molecule has 2 aromatic heterocycles. The van der Waals surface area contributed by atoms with Gasteiger partial charge in [-0.2, -0.15) is 5.26 Å². The molecule has 0 aliphatic rings. The van der Waals surface area contributed by atoms with E-state index in [0.29, 0.717) is 17.9 Å². The molecule has 0 spiro atoms. The van der Waals surface area contributed by atoms with Crippen LogP contribution in [0.15, 0.2) is 74.2 Å². The summed E-state index contributed by atoms with van der Waals surface area (Å²) >= 11 is 0. The third-order valence-electron chi connectivity index (χ3n) is 6.95. The van der Waals surface area contributed by atoms with Gasteiger partial charge in [-0.15, -0.1) is 0 Å². The highest BCUT2D eigenvalue weighted by Crippen LogP contribution is 2.21. The second-order valence-corrected chi connectivity index (χ2v) is 10.5. The summed E-state index contributed by atoms with van der Waals surface area (Å²) in [4.78, 5) is 30.7. The number of hydrogen-bond acceptors (Lipinski definition) is 6. The van der Waals surface area contributed by atoms with Crippen molar-refractivity contribution in [2.45, 2.75) is 116 Å². The summed E-state index contributed by atoms with van der Waals surface area (Å²) in [5.74, 6) is 1.38. The minimum atomic E-state index is -0.0565. The van der Waals surface area contributed by atoms with Crippen molar-refractivity contribution in [3.8, 4) is 17.3 Å². The fraction of sp³-hybridized carbons (Fsp3) is 0.500. The molecule has 2 rings (SSSR count). The average molecular weight is 658 g/mol. The lowest BCUT2D eigenvalue weighted by Gasteiger charge is -2.11. The zero-order valence-electron chi connectivity index (χ0n) is 32.6. The van der Waals surface area contributed by atoms with Gasteiger partial charge in [0.1, 0.15) is 17.7 Å². The average Bonchev–Trinajstić information content (AvgIpc) is 3.09. The van der Waals surface area contributed by atoms with Gasteiger partial charge in [0.05, 0.1) is 22.9 Å². The van der Waals surface area contributed by atoms with Gasteiger partial charge in [-0.05, 0) is 73.5 Å². The monoisotopic (exact) mass is 658 g/mol. The lowest BCUT2D eigenvalue weighted by molar-refractivity contribution is 0.847. The van der Waals surface area contributed by atoms with E-state index in [-0.39, 0.29) is 11.5 Å². The molecule has 0 aliphatic carbocycles. The number of nitrogens with one attached hydrogen (secondary N) is 1. The first-order valence-electron chi connectivity index (χ1n) is 17.4. The molecule has 2 aromatic rings. The van der Waals surface area contributed by atoms with Gasteiger partial charge in [-0.3, -0.25) is 9.79 Å². The molecular formula is C40H63N7O. The van der Waals surface area contributed by atoms with Crippen molar-refractivity contribution in [1.82, 2.24) is 19.9 Å². The van der Waals surface area contributed by atoms with Crippen LogP contribution in [-0.2, 0) is 7.05 Å². The second kappa shape index (κ2) is 26.7. The molecule has 2 heterocycles. The van der Waals surface area contributed by atoms with Crippen LogP contribution < -0.4 is 10.9 Å². The van der Waals surface area contributed by atoms with Crippen molar-refractivity contribution in [3.05, 3.63) is 92.4 Å². The number of nitrogens with zero attached hydrogens (tertiary/aromatic N) is 6. The van der Waals surface area contributed by atoms with Gasteiger partial charge < -0.3 is 9.88 Å². The molecule has 264 valence electrons. The smallest absolute Gasteiger partial charge is 0.253 e. The summed E-state index contributed by atoms with van der Waals surface area (Å²) in [7, 11) is 1.78. The number of amidine groups is 1. The highest BCUT2D eigenvalue weighted by Gasteiger charge is 2.12. The van der Waals surface area contributed by atoms with Gasteiger partial charge in [0.25, 0.3) is 5.56 Å². The van der Waals surface area contributed by atoms with Crippen molar-refractivity contribution >= 4 is 12.1 Å². The summed E-state index contributed by atoms with van der Waals surface area (Å²) in [6.07, 6.45) is 7.62. The number of hydrogen-bond donors (Lipinski definition) is 1. The van der Waals surface area contributed by atoms with E-state index < -0.39 is 0 Å². The van der Waals surface area contributed by atoms with E-state index in [1.807, 2.05) is 126 Å². The van der Waals surface area contributed by atoms with E-state index in [1.165, 1.54) is 5.57 Å². The third kappa shape index (κ3) is 16.4. The van der Waals surface area contributed by atoms with Crippen molar-refractivity contribution < 1.29 is 0 Å². The number of allylic oxidation sites excluding steroid dienone is 4. The first kappa shape index (κ1) is 45.7. The van der Waals surface area contributed by atoms with Crippen LogP contribution in [0.4, 0.5) is 0 Å². The van der Waals surface area contributed by atoms with Crippen LogP contribution in [-0.4, -0.2) is 39.7 Å². The standard InChI is InChI=1S/C24H31N5O.C12H20N2.2C2H6/c1-8-25-20(6)26-14-18(4)23-27-15-21(19(5)28-23)22-12-10-9-11-16(2)13-17(3)24(30)29(22)7;1-5-11(6-2)8-12(9-13)10(4)14-7-3;2*1-2/h9-15,18H,8H2,1-7H3;8,14H,5-7H2,1-4H3;2*1-2H3/b;12-10-;;. The lowest BCUT2D eigenvalue weighted by Crippen LogP contribution is -2.19. The molecular weight excluding hydrogens is 594 g/mol. The maximum atomic E-state index is 12.9. The molecule has 0 saturated carbocycles. The van der Waals surface area contributed by atoms with Gasteiger partial charge in [-0.25, -0.2) is 15.0 Å². The molecule has 0 saturated heterocycles. The van der Waals surface area contributed by atoms with E-state index in [9.17, 15) is 4.79 Å². The molecule has 8 heteroatoms. The van der Waals surface area contributed by atoms with Gasteiger partial charge in [0, 0.05) is 49.4 Å². The highest BCUT2D eigenvalue weighted by atomic mass is 16.1. The Hall–Kier alpha value is -4.38. The number of aliphatic imine (C=N–C) groups is 2. The van der Waals surface area contributed by atoms with Crippen LogP contribution in [0.1, 0.15) is 118 Å². The Balaban J connectivity index is 0. The molecule has 1 atom stereocenters. The van der Waals surface area contributed by atoms with Crippen molar-refractivity contribution in [2.75, 3.05) is 13.1 Å². The zero-order valence-corrected chi connectivity index (χ0v) is 32.6. The topological polar surface area (TPSA) is 108 Å². The van der Waals surface area contributed by atoms with Gasteiger partial charge in [0.2, 0.25) is 0 Å². The van der Waals surface area contributed by atoms with Gasteiger partial charge in [0.15, 0.2) is 0 Å². The first-order chi connectivity index (χ1) is 22.9. The normalized spacial score (nSPS) is 11.5. The molecule has 1 unspecified atom stereocenters. The van der Waals surface area contributed by atoms with Gasteiger partial charge in [-0.1, -0.05) is 83.9 Å². The van der Waals surface area contributed by atoms with E-state index in [0.717, 1.165) is 59.0 Å². The van der Waals surface area contributed by atoms with Gasteiger partial charge >= 0.3 is 0 Å². The predicted molar refractivity (Wildman–Crippen MR) is 208 cm³/mol. The molecule has 0 amide bonds. The largest absolute Gasteiger partial charge is 0.388 e. The fourth-order valence-corrected chi connectivity index (χ4v) is 4.32. The second-order valence-electron chi connectivity index (χ2n) is 10.5. The summed E-state index contributed by atoms with van der Waals surface area (Å²) in [5, 5.41) is 12.1. The van der Waals surface area contributed by atoms with E-state index in [2.05, 4.69) is 45.2 Å². The van der Waals surface area contributed by atoms with Crippen molar-refractivity contribution in [3.63, 3.8) is 0 Å². The van der Waals surface area contributed by atoms with Crippen molar-refractivity contribution in [2.24, 2.45) is 17.0 Å². The highest BCUT2D eigenvalue weighted by molar-refractivity contribution is 5.89. The summed E-state index contributed by atoms with van der Waals surface area (Å²) < 4.78 is 1.65. The van der Waals surface area contributed by atoms with Crippen LogP contribution in [0.3, 0.4) is 0 Å². The number of aromatic nitrogens is 3. The van der Waals surface area contributed by atoms with Crippen LogP contribution in [0.25, 0.3) is 11.3 Å². The Kier molecular flexibility index (Phi) is 25.4. The summed E-state index contributed by atoms with van der Waals surface area (Å²) in [6, 6.07) is 11.9. The van der Waals surface area contributed by atoms with E-state index in [1.54, 1.807) is 17.8 Å². The fourth-order valence-electron chi connectivity index (χ4n) is 4.32. The Morgan fingerprint density at radius 1 is 1.04 bits per heavy atom. The number of aryl methyl sites for hydroxylation is 3. The van der Waals surface area contributed by atoms with E-state index >= 15 is 0 Å². The summed E-state index contributed by atoms with van der Waals surface area (Å²) in [6.45, 7) is 29.4. The Labute approximate surface area is 292 Å². The molecule has 0 aromatic carbocycles. The molecule has 0 fully saturated rings.